The standard InChI is InChI=1S/C28H38O4/c1-16-25(30)32-23-14-27(16,3)31-15-19(23)21-11-10-20-18-9-8-17-6-5-7-24(29)28(17,4)22(18)12-13-26(20,21)2/h5,7-8,16,18-23H,6,9-15H2,1-4H3/t16-,18-,19-,20-,21+,22-,23-,26-,27-,28-/m0/s1. The molecule has 0 radical (unpaired) electrons. The van der Waals surface area contributed by atoms with Crippen molar-refractivity contribution in [2.75, 3.05) is 6.61 Å². The second kappa shape index (κ2) is 6.81. The van der Waals surface area contributed by atoms with Gasteiger partial charge in [0.05, 0.1) is 23.5 Å². The number of rotatable bonds is 1. The Hall–Kier alpha value is -1.42. The minimum absolute atomic E-state index is 0.00354. The third-order valence-electron chi connectivity index (χ3n) is 11.4. The number of fused-ring (bicyclic) bond motifs is 7. The Bertz CT molecular complexity index is 918. The Morgan fingerprint density at radius 2 is 1.75 bits per heavy atom. The first-order valence-corrected chi connectivity index (χ1v) is 12.9. The van der Waals surface area contributed by atoms with Crippen molar-refractivity contribution >= 4 is 11.8 Å². The van der Waals surface area contributed by atoms with Crippen molar-refractivity contribution in [2.45, 2.75) is 84.3 Å². The van der Waals surface area contributed by atoms with Gasteiger partial charge in [-0.25, -0.2) is 0 Å². The summed E-state index contributed by atoms with van der Waals surface area (Å²) in [6.07, 6.45) is 13.9. The molecule has 10 atom stereocenters. The first-order chi connectivity index (χ1) is 15.2. The predicted octanol–water partition coefficient (Wildman–Crippen LogP) is 5.27. The normalized spacial score (nSPS) is 54.2. The van der Waals surface area contributed by atoms with E-state index in [0.717, 1.165) is 25.7 Å². The monoisotopic (exact) mass is 438 g/mol. The Labute approximate surface area is 192 Å². The van der Waals surface area contributed by atoms with Crippen LogP contribution in [0.1, 0.15) is 72.6 Å². The quantitative estimate of drug-likeness (QED) is 0.414. The average molecular weight is 439 g/mol. The van der Waals surface area contributed by atoms with Gasteiger partial charge in [0.1, 0.15) is 6.10 Å². The molecule has 2 aliphatic heterocycles. The lowest BCUT2D eigenvalue weighted by Crippen LogP contribution is -2.60. The van der Waals surface area contributed by atoms with E-state index in [1.54, 1.807) is 0 Å². The van der Waals surface area contributed by atoms with E-state index in [-0.39, 0.29) is 34.4 Å². The Kier molecular flexibility index (Phi) is 4.50. The third-order valence-corrected chi connectivity index (χ3v) is 11.4. The van der Waals surface area contributed by atoms with Gasteiger partial charge >= 0.3 is 5.97 Å². The summed E-state index contributed by atoms with van der Waals surface area (Å²) < 4.78 is 12.4. The van der Waals surface area contributed by atoms with Crippen molar-refractivity contribution in [2.24, 2.45) is 46.3 Å². The number of allylic oxidation sites excluding steroid dienone is 4. The van der Waals surface area contributed by atoms with Gasteiger partial charge < -0.3 is 9.47 Å². The number of carbonyl (C=O) groups excluding carboxylic acids is 2. The van der Waals surface area contributed by atoms with Gasteiger partial charge in [-0.3, -0.25) is 9.59 Å². The fraction of sp³-hybridized carbons (Fsp3) is 0.786. The molecule has 6 aliphatic rings. The van der Waals surface area contributed by atoms with Gasteiger partial charge in [0, 0.05) is 12.3 Å². The fourth-order valence-electron chi connectivity index (χ4n) is 9.22. The van der Waals surface area contributed by atoms with Gasteiger partial charge in [-0.2, -0.15) is 0 Å². The van der Waals surface area contributed by atoms with E-state index < -0.39 is 0 Å². The number of esters is 1. The lowest BCUT2D eigenvalue weighted by molar-refractivity contribution is -0.234. The number of carbonyl (C=O) groups is 2. The molecule has 4 nitrogen and oxygen atoms in total. The van der Waals surface area contributed by atoms with Crippen LogP contribution in [0.2, 0.25) is 0 Å². The summed E-state index contributed by atoms with van der Waals surface area (Å²) in [6.45, 7) is 9.49. The topological polar surface area (TPSA) is 52.6 Å². The summed E-state index contributed by atoms with van der Waals surface area (Å²) >= 11 is 0. The maximum Gasteiger partial charge on any atom is 0.311 e. The van der Waals surface area contributed by atoms with Crippen LogP contribution in [-0.2, 0) is 19.1 Å². The molecule has 0 N–H and O–H groups in total. The highest BCUT2D eigenvalue weighted by atomic mass is 16.6. The van der Waals surface area contributed by atoms with Crippen LogP contribution in [0.5, 0.6) is 0 Å². The van der Waals surface area contributed by atoms with Crippen LogP contribution in [0.4, 0.5) is 0 Å². The molecule has 2 bridgehead atoms. The van der Waals surface area contributed by atoms with Crippen LogP contribution >= 0.6 is 0 Å². The largest absolute Gasteiger partial charge is 0.462 e. The predicted molar refractivity (Wildman–Crippen MR) is 122 cm³/mol. The zero-order valence-corrected chi connectivity index (χ0v) is 20.1. The Balaban J connectivity index is 1.28. The van der Waals surface area contributed by atoms with Crippen LogP contribution in [-0.4, -0.2) is 30.1 Å². The van der Waals surface area contributed by atoms with Gasteiger partial charge in [0.2, 0.25) is 0 Å². The number of ether oxygens (including phenoxy) is 2. The third kappa shape index (κ3) is 2.59. The van der Waals surface area contributed by atoms with E-state index in [0.29, 0.717) is 42.0 Å². The van der Waals surface area contributed by atoms with Crippen LogP contribution < -0.4 is 0 Å². The van der Waals surface area contributed by atoms with E-state index in [1.165, 1.54) is 24.8 Å². The fourth-order valence-corrected chi connectivity index (χ4v) is 9.22. The molecule has 0 aromatic rings. The lowest BCUT2D eigenvalue weighted by atomic mass is 9.47. The summed E-state index contributed by atoms with van der Waals surface area (Å²) in [5.74, 6) is 2.59. The summed E-state index contributed by atoms with van der Waals surface area (Å²) in [6, 6.07) is 0. The van der Waals surface area contributed by atoms with Crippen LogP contribution in [0, 0.1) is 46.3 Å². The number of ketones is 1. The van der Waals surface area contributed by atoms with Crippen molar-refractivity contribution in [3.05, 3.63) is 23.8 Å². The minimum atomic E-state index is -0.374. The first-order valence-electron chi connectivity index (χ1n) is 12.9. The molecular weight excluding hydrogens is 400 g/mol. The van der Waals surface area contributed by atoms with Gasteiger partial charge in [-0.1, -0.05) is 24.6 Å². The molecule has 32 heavy (non-hydrogen) atoms. The summed E-state index contributed by atoms with van der Waals surface area (Å²) in [5.41, 5.74) is 0.948. The summed E-state index contributed by atoms with van der Waals surface area (Å²) in [4.78, 5) is 25.7. The highest BCUT2D eigenvalue weighted by Crippen LogP contribution is 2.67. The van der Waals surface area contributed by atoms with Gasteiger partial charge in [-0.05, 0) is 94.5 Å². The van der Waals surface area contributed by atoms with E-state index in [4.69, 9.17) is 9.47 Å². The van der Waals surface area contributed by atoms with E-state index in [9.17, 15) is 9.59 Å². The highest BCUT2D eigenvalue weighted by molar-refractivity contribution is 5.98. The van der Waals surface area contributed by atoms with Crippen LogP contribution in [0.25, 0.3) is 0 Å². The van der Waals surface area contributed by atoms with E-state index in [1.807, 2.05) is 13.0 Å². The molecule has 4 heteroatoms. The maximum absolute atomic E-state index is 13.1. The SMILES string of the molecule is C[C@H]1C(=O)O[C@H]2C[C@]1(C)OC[C@H]2[C@H]1CC[C@H]2[C@@H]3CC=C4CC=CC(=O)[C@]4(C)[C@H]3CC[C@]12C. The summed E-state index contributed by atoms with van der Waals surface area (Å²) in [7, 11) is 0. The molecule has 6 rings (SSSR count). The van der Waals surface area contributed by atoms with Crippen molar-refractivity contribution in [3.63, 3.8) is 0 Å². The minimum Gasteiger partial charge on any atom is -0.462 e. The van der Waals surface area contributed by atoms with E-state index >= 15 is 0 Å². The maximum atomic E-state index is 13.1. The van der Waals surface area contributed by atoms with Gasteiger partial charge in [-0.15, -0.1) is 0 Å². The molecule has 4 fully saturated rings. The smallest absolute Gasteiger partial charge is 0.311 e. The zero-order valence-electron chi connectivity index (χ0n) is 20.1. The second-order valence-corrected chi connectivity index (χ2v) is 12.4. The van der Waals surface area contributed by atoms with Crippen molar-refractivity contribution < 1.29 is 19.1 Å². The molecule has 0 spiro atoms. The van der Waals surface area contributed by atoms with Crippen molar-refractivity contribution in [1.29, 1.82) is 0 Å². The highest BCUT2D eigenvalue weighted by Gasteiger charge is 2.63. The number of hydrogen-bond acceptors (Lipinski definition) is 4. The molecule has 0 aromatic carbocycles. The Morgan fingerprint density at radius 1 is 1.00 bits per heavy atom. The van der Waals surface area contributed by atoms with Gasteiger partial charge in [0.15, 0.2) is 5.78 Å². The molecule has 2 heterocycles. The van der Waals surface area contributed by atoms with E-state index in [2.05, 4.69) is 32.9 Å². The molecule has 0 amide bonds. The summed E-state index contributed by atoms with van der Waals surface area (Å²) in [5, 5.41) is 0. The van der Waals surface area contributed by atoms with Crippen molar-refractivity contribution in [3.8, 4) is 0 Å². The van der Waals surface area contributed by atoms with Crippen LogP contribution in [0.3, 0.4) is 0 Å². The number of hydrogen-bond donors (Lipinski definition) is 0. The molecule has 2 saturated carbocycles. The van der Waals surface area contributed by atoms with Gasteiger partial charge in [0.25, 0.3) is 0 Å². The molecule has 0 aromatic heterocycles. The Morgan fingerprint density at radius 3 is 2.53 bits per heavy atom. The molecule has 4 aliphatic carbocycles. The molecule has 174 valence electrons. The molecule has 2 saturated heterocycles. The lowest BCUT2D eigenvalue weighted by Gasteiger charge is -2.58. The molecular formula is C28H38O4. The molecule has 0 unspecified atom stereocenters. The second-order valence-electron chi connectivity index (χ2n) is 12.4. The zero-order chi connectivity index (χ0) is 22.5. The first kappa shape index (κ1) is 21.1. The average Bonchev–Trinajstić information content (AvgIpc) is 3.10. The van der Waals surface area contributed by atoms with Crippen LogP contribution in [0.15, 0.2) is 23.8 Å². The van der Waals surface area contributed by atoms with Crippen molar-refractivity contribution in [1.82, 2.24) is 0 Å².